The summed E-state index contributed by atoms with van der Waals surface area (Å²) in [6, 6.07) is 10.6. The molecule has 0 bridgehead atoms. The average Bonchev–Trinajstić information content (AvgIpc) is 3.40. The van der Waals surface area contributed by atoms with Gasteiger partial charge in [-0.3, -0.25) is 14.9 Å². The molecule has 32 heavy (non-hydrogen) atoms. The van der Waals surface area contributed by atoms with Gasteiger partial charge >= 0.3 is 0 Å². The molecular formula is C25H28ClN3O3. The van der Waals surface area contributed by atoms with Gasteiger partial charge in [-0.1, -0.05) is 35.9 Å². The number of aliphatic hydroxyl groups excluding tert-OH is 1. The van der Waals surface area contributed by atoms with E-state index < -0.39 is 5.91 Å². The summed E-state index contributed by atoms with van der Waals surface area (Å²) in [4.78, 5) is 17.1. The van der Waals surface area contributed by atoms with Crippen LogP contribution < -0.4 is 5.48 Å². The van der Waals surface area contributed by atoms with E-state index in [0.717, 1.165) is 48.0 Å². The second kappa shape index (κ2) is 9.88. The average molecular weight is 454 g/mol. The number of rotatable bonds is 8. The molecule has 168 valence electrons. The highest BCUT2D eigenvalue weighted by atomic mass is 35.5. The summed E-state index contributed by atoms with van der Waals surface area (Å²) >= 11 is 6.74. The van der Waals surface area contributed by atoms with Crippen molar-refractivity contribution in [2.24, 2.45) is 0 Å². The summed E-state index contributed by atoms with van der Waals surface area (Å²) in [5.41, 5.74) is 8.08. The first-order chi connectivity index (χ1) is 15.5. The van der Waals surface area contributed by atoms with Crippen molar-refractivity contribution in [2.75, 3.05) is 19.7 Å². The topological polar surface area (TPSA) is 88.6 Å². The molecule has 1 heterocycles. The standard InChI is InChI=1S/C25H28ClN3O3/c1-16-14-21-20(25(26)18(16)7-9-24(31)28-32)6-8-23(21)29(12-13-30)11-10-17-15-27-22-5-3-2-4-19(17)22/h2-5,7,9,14-15,23,27,30,32H,6,8,10-13H2,1H3,(H,28,31)/b9-7+. The molecule has 3 aromatic rings. The number of aryl methyl sites for hydroxylation is 1. The van der Waals surface area contributed by atoms with E-state index in [1.807, 2.05) is 13.0 Å². The van der Waals surface area contributed by atoms with Gasteiger partial charge in [-0.15, -0.1) is 0 Å². The van der Waals surface area contributed by atoms with Crippen molar-refractivity contribution >= 4 is 34.5 Å². The number of carbonyl (C=O) groups is 1. The number of hydroxylamine groups is 1. The molecule has 0 saturated carbocycles. The van der Waals surface area contributed by atoms with E-state index in [9.17, 15) is 9.90 Å². The van der Waals surface area contributed by atoms with E-state index in [1.54, 1.807) is 11.6 Å². The van der Waals surface area contributed by atoms with Crippen LogP contribution in [-0.4, -0.2) is 45.8 Å². The summed E-state index contributed by atoms with van der Waals surface area (Å²) in [5.74, 6) is -0.592. The molecule has 4 N–H and O–H groups in total. The van der Waals surface area contributed by atoms with Crippen molar-refractivity contribution in [1.82, 2.24) is 15.4 Å². The van der Waals surface area contributed by atoms with Gasteiger partial charge in [0.25, 0.3) is 5.91 Å². The number of nitrogens with one attached hydrogen (secondary N) is 2. The molecule has 0 radical (unpaired) electrons. The number of aromatic nitrogens is 1. The van der Waals surface area contributed by atoms with Gasteiger partial charge in [-0.2, -0.15) is 0 Å². The lowest BCUT2D eigenvalue weighted by Gasteiger charge is -2.29. The molecule has 0 spiro atoms. The number of aromatic amines is 1. The second-order valence-electron chi connectivity index (χ2n) is 8.22. The summed E-state index contributed by atoms with van der Waals surface area (Å²) in [6.07, 6.45) is 7.66. The van der Waals surface area contributed by atoms with Gasteiger partial charge in [0.15, 0.2) is 0 Å². The number of halogens is 1. The third-order valence-corrected chi connectivity index (χ3v) is 6.79. The number of para-hydroxylation sites is 1. The number of nitrogens with zero attached hydrogens (tertiary/aromatic N) is 1. The summed E-state index contributed by atoms with van der Waals surface area (Å²) < 4.78 is 0. The van der Waals surface area contributed by atoms with Crippen LogP contribution in [0, 0.1) is 6.92 Å². The van der Waals surface area contributed by atoms with E-state index >= 15 is 0 Å². The molecule has 0 aliphatic heterocycles. The molecule has 7 heteroatoms. The highest BCUT2D eigenvalue weighted by molar-refractivity contribution is 6.33. The van der Waals surface area contributed by atoms with E-state index in [1.165, 1.54) is 22.6 Å². The maximum atomic E-state index is 11.4. The fourth-order valence-corrected chi connectivity index (χ4v) is 5.20. The molecule has 1 unspecified atom stereocenters. The Hall–Kier alpha value is -2.64. The van der Waals surface area contributed by atoms with Crippen molar-refractivity contribution in [3.05, 3.63) is 75.4 Å². The number of benzene rings is 2. The zero-order chi connectivity index (χ0) is 22.7. The fraction of sp³-hybridized carbons (Fsp3) is 0.320. The second-order valence-corrected chi connectivity index (χ2v) is 8.60. The maximum absolute atomic E-state index is 11.4. The first-order valence-electron chi connectivity index (χ1n) is 10.9. The first-order valence-corrected chi connectivity index (χ1v) is 11.2. The monoisotopic (exact) mass is 453 g/mol. The molecule has 1 amide bonds. The first kappa shape index (κ1) is 22.6. The molecule has 2 aromatic carbocycles. The third-order valence-electron chi connectivity index (χ3n) is 6.36. The zero-order valence-electron chi connectivity index (χ0n) is 18.1. The Balaban J connectivity index is 1.57. The Labute approximate surface area is 192 Å². The number of amides is 1. The van der Waals surface area contributed by atoms with Crippen LogP contribution in [0.1, 0.15) is 40.3 Å². The lowest BCUT2D eigenvalue weighted by atomic mass is 9.98. The van der Waals surface area contributed by atoms with Crippen molar-refractivity contribution < 1.29 is 15.1 Å². The van der Waals surface area contributed by atoms with Crippen LogP contribution in [0.2, 0.25) is 5.02 Å². The molecule has 6 nitrogen and oxygen atoms in total. The van der Waals surface area contributed by atoms with E-state index in [4.69, 9.17) is 16.8 Å². The highest BCUT2D eigenvalue weighted by Crippen LogP contribution is 2.42. The number of carbonyl (C=O) groups excluding carboxylic acids is 1. The number of hydrogen-bond acceptors (Lipinski definition) is 4. The summed E-state index contributed by atoms with van der Waals surface area (Å²) in [7, 11) is 0. The van der Waals surface area contributed by atoms with Gasteiger partial charge in [-0.25, -0.2) is 5.48 Å². The Kier molecular flexibility index (Phi) is 6.96. The summed E-state index contributed by atoms with van der Waals surface area (Å²) in [5, 5.41) is 20.3. The molecule has 0 fully saturated rings. The molecule has 1 aliphatic rings. The van der Waals surface area contributed by atoms with Gasteiger partial charge in [0.05, 0.1) is 11.6 Å². The van der Waals surface area contributed by atoms with Crippen LogP contribution in [0.15, 0.2) is 42.6 Å². The minimum absolute atomic E-state index is 0.101. The molecular weight excluding hydrogens is 426 g/mol. The molecule has 0 saturated heterocycles. The predicted octanol–water partition coefficient (Wildman–Crippen LogP) is 4.17. The largest absolute Gasteiger partial charge is 0.395 e. The van der Waals surface area contributed by atoms with Gasteiger partial charge in [0.1, 0.15) is 0 Å². The van der Waals surface area contributed by atoms with Crippen LogP contribution in [-0.2, 0) is 17.6 Å². The Morgan fingerprint density at radius 2 is 2.16 bits per heavy atom. The van der Waals surface area contributed by atoms with Gasteiger partial charge < -0.3 is 10.1 Å². The normalized spacial score (nSPS) is 15.7. The Bertz CT molecular complexity index is 1150. The number of hydrogen-bond donors (Lipinski definition) is 4. The van der Waals surface area contributed by atoms with Crippen LogP contribution >= 0.6 is 11.6 Å². The number of fused-ring (bicyclic) bond motifs is 2. The zero-order valence-corrected chi connectivity index (χ0v) is 18.8. The Morgan fingerprint density at radius 3 is 2.94 bits per heavy atom. The Morgan fingerprint density at radius 1 is 1.34 bits per heavy atom. The van der Waals surface area contributed by atoms with Gasteiger partial charge in [0.2, 0.25) is 0 Å². The van der Waals surface area contributed by atoms with Crippen LogP contribution in [0.5, 0.6) is 0 Å². The predicted molar refractivity (Wildman–Crippen MR) is 127 cm³/mol. The van der Waals surface area contributed by atoms with Crippen LogP contribution in [0.3, 0.4) is 0 Å². The van der Waals surface area contributed by atoms with Gasteiger partial charge in [-0.05, 0) is 66.1 Å². The van der Waals surface area contributed by atoms with Crippen molar-refractivity contribution in [1.29, 1.82) is 0 Å². The quantitative estimate of drug-likeness (QED) is 0.234. The molecule has 4 rings (SSSR count). The lowest BCUT2D eigenvalue weighted by Crippen LogP contribution is -2.32. The lowest BCUT2D eigenvalue weighted by molar-refractivity contribution is -0.124. The minimum Gasteiger partial charge on any atom is -0.395 e. The maximum Gasteiger partial charge on any atom is 0.267 e. The highest BCUT2D eigenvalue weighted by Gasteiger charge is 2.30. The smallest absolute Gasteiger partial charge is 0.267 e. The third kappa shape index (κ3) is 4.45. The van der Waals surface area contributed by atoms with Crippen molar-refractivity contribution in [2.45, 2.75) is 32.2 Å². The number of aliphatic hydroxyl groups is 1. The van der Waals surface area contributed by atoms with E-state index in [0.29, 0.717) is 11.6 Å². The summed E-state index contributed by atoms with van der Waals surface area (Å²) in [6.45, 7) is 3.51. The molecule has 1 aliphatic carbocycles. The fourth-order valence-electron chi connectivity index (χ4n) is 4.78. The molecule has 1 aromatic heterocycles. The minimum atomic E-state index is -0.592. The SMILES string of the molecule is Cc1cc2c(c(Cl)c1/C=C/C(=O)NO)CCC2N(CCO)CCc1c[nH]c2ccccc12. The van der Waals surface area contributed by atoms with Crippen LogP contribution in [0.25, 0.3) is 17.0 Å². The van der Waals surface area contributed by atoms with Crippen molar-refractivity contribution in [3.63, 3.8) is 0 Å². The van der Waals surface area contributed by atoms with Crippen molar-refractivity contribution in [3.8, 4) is 0 Å². The van der Waals surface area contributed by atoms with E-state index in [2.05, 4.69) is 40.3 Å². The van der Waals surface area contributed by atoms with Gasteiger partial charge in [0, 0.05) is 42.3 Å². The molecule has 1 atom stereocenters. The van der Waals surface area contributed by atoms with Crippen LogP contribution in [0.4, 0.5) is 0 Å². The van der Waals surface area contributed by atoms with E-state index in [-0.39, 0.29) is 12.6 Å². The number of H-pyrrole nitrogens is 1.